The van der Waals surface area contributed by atoms with Crippen molar-refractivity contribution >= 4 is 58.4 Å². The molecule has 12 N–H and O–H groups in total. The van der Waals surface area contributed by atoms with E-state index in [0.29, 0.717) is 56.4 Å². The lowest BCUT2D eigenvalue weighted by molar-refractivity contribution is -0.271. The highest BCUT2D eigenvalue weighted by Gasteiger charge is 2.78. The first-order valence-corrected chi connectivity index (χ1v) is 28.6. The van der Waals surface area contributed by atoms with Gasteiger partial charge in [-0.05, 0) is 146 Å². The van der Waals surface area contributed by atoms with Crippen LogP contribution < -0.4 is 36.6 Å². The molecular weight excluding hydrogens is 1110 g/mol. The molecule has 0 spiro atoms. The Morgan fingerprint density at radius 1 is 0.906 bits per heavy atom. The number of unbranched alkanes of at least 4 members (excludes halogenated alkanes) is 1. The van der Waals surface area contributed by atoms with Gasteiger partial charge < -0.3 is 71.4 Å². The smallest absolute Gasteiger partial charge is 0.411 e. The number of carbonyl (C=O) groups is 7. The van der Waals surface area contributed by atoms with Crippen molar-refractivity contribution in [3.05, 3.63) is 107 Å². The Morgan fingerprint density at radius 2 is 1.65 bits per heavy atom. The highest BCUT2D eigenvalue weighted by Crippen LogP contribution is 2.74. The summed E-state index contributed by atoms with van der Waals surface area (Å²) in [7, 11) is 0. The van der Waals surface area contributed by atoms with Crippen LogP contribution in [0, 0.1) is 34.0 Å². The number of alkyl halides is 2. The molecule has 0 bridgehead atoms. The number of carboxylic acid groups (broad SMARTS) is 1. The van der Waals surface area contributed by atoms with Crippen LogP contribution in [0.3, 0.4) is 0 Å². The number of fused-ring (bicyclic) bond motifs is 7. The minimum atomic E-state index is -2.29. The van der Waals surface area contributed by atoms with Crippen LogP contribution in [0.2, 0.25) is 0 Å². The van der Waals surface area contributed by atoms with Gasteiger partial charge in [0.05, 0.1) is 17.2 Å². The number of allylic oxidation sites excluding steroid dienone is 4. The summed E-state index contributed by atoms with van der Waals surface area (Å²) in [6, 6.07) is 18.0. The second-order valence-electron chi connectivity index (χ2n) is 23.8. The summed E-state index contributed by atoms with van der Waals surface area (Å²) in [5.74, 6) is -6.02. The van der Waals surface area contributed by atoms with Crippen molar-refractivity contribution in [2.24, 2.45) is 39.7 Å². The van der Waals surface area contributed by atoms with E-state index in [1.54, 1.807) is 25.1 Å². The minimum Gasteiger partial charge on any atom is -0.479 e. The van der Waals surface area contributed by atoms with Crippen molar-refractivity contribution in [2.75, 3.05) is 48.3 Å². The molecule has 0 radical (unpaired) electrons. The number of ketones is 2. The standard InChI is InChI=1S/C61H74F2N6O16/c1-32(71)66-44(9-4-5-19-64)54(79)65-20-17-49(75)68-45-23-35(12-15-46(45)84-56-52(78)50(76)51(77)53(85-56)55(80)81)30-83-57(82)67-37-8-6-7-34(22-37)21-33-10-13-38(14-11-33)69-28-36-24-40-41-26-43(62)42-25-39(72)16-18-58(42,2)61(41,63)47(73)27-59(40,3)60(36,31-69)48(74)29-70/h6-8,10-16,18,22-23,25,36,40-41,43-44,47,50-53,56,70,73,76-78H,4-5,9,17,19-21,24,26-31,64H2,1-3H3,(H,65,79)(H,66,71)(H,67,82)(H,68,75)(H,80,81)/t36-,40-,41-,43-,44-,47-,50-,51-,52+,53-,56+,58-,59-,60+,61-/m0/s1. The topological polar surface area (TPSA) is 346 Å². The van der Waals surface area contributed by atoms with Crippen molar-refractivity contribution in [3.63, 3.8) is 0 Å². The number of aliphatic hydroxyl groups excluding tert-OH is 5. The number of carbonyl (C=O) groups excluding carboxylic acids is 6. The average molecular weight is 1190 g/mol. The van der Waals surface area contributed by atoms with Crippen LogP contribution in [0.4, 0.5) is 30.6 Å². The molecule has 458 valence electrons. The van der Waals surface area contributed by atoms with E-state index in [1.165, 1.54) is 37.3 Å². The van der Waals surface area contributed by atoms with Crippen molar-refractivity contribution < 1.29 is 87.2 Å². The Kier molecular flexibility index (Phi) is 18.4. The van der Waals surface area contributed by atoms with Gasteiger partial charge in [0.2, 0.25) is 24.0 Å². The number of Topliss-reactive ketones (excluding diaryl/α,β-unsaturated/α-hetero) is 1. The molecule has 9 rings (SSSR count). The fourth-order valence-corrected chi connectivity index (χ4v) is 14.5. The number of aliphatic hydroxyl groups is 5. The van der Waals surface area contributed by atoms with Gasteiger partial charge in [-0.2, -0.15) is 0 Å². The fourth-order valence-electron chi connectivity index (χ4n) is 14.5. The molecule has 4 amide bonds. The SMILES string of the molecule is CC(=O)N[C@@H](CCCCN)C(=O)NCCC(=O)Nc1cc(COC(=O)Nc2cccc(Cc3ccc(N4C[C@@H]5C[C@H]6[C@@H]7C[C@H](F)C8=CC(=O)C=C[C@]8(C)[C@@]7(F)[C@@H](O)C[C@]6(C)[C@]5(C(=O)CO)C4)cc3)c2)ccc1O[C@@H]1O[C@H](C(=O)O)[C@@H](O)[C@H](O)[C@H]1O. The van der Waals surface area contributed by atoms with Gasteiger partial charge in [-0.15, -0.1) is 0 Å². The number of aliphatic carboxylic acids is 1. The summed E-state index contributed by atoms with van der Waals surface area (Å²) >= 11 is 0. The maximum atomic E-state index is 17.9. The Hall–Kier alpha value is -7.19. The summed E-state index contributed by atoms with van der Waals surface area (Å²) in [6.45, 7) is 4.47. The second kappa shape index (κ2) is 25.0. The molecule has 5 fully saturated rings. The van der Waals surface area contributed by atoms with Gasteiger partial charge in [0, 0.05) is 55.7 Å². The number of halogens is 2. The zero-order valence-electron chi connectivity index (χ0n) is 47.4. The summed E-state index contributed by atoms with van der Waals surface area (Å²) in [6.07, 6.45) is -8.28. The molecule has 15 atom stereocenters. The van der Waals surface area contributed by atoms with E-state index in [1.807, 2.05) is 37.3 Å². The predicted molar refractivity (Wildman–Crippen MR) is 302 cm³/mol. The summed E-state index contributed by atoms with van der Waals surface area (Å²) in [4.78, 5) is 91.7. The number of nitrogens with two attached hydrogens (primary N) is 1. The Balaban J connectivity index is 0.830. The first-order valence-electron chi connectivity index (χ1n) is 28.6. The van der Waals surface area contributed by atoms with E-state index in [9.17, 15) is 64.2 Å². The molecule has 22 nitrogen and oxygen atoms in total. The lowest BCUT2D eigenvalue weighted by Crippen LogP contribution is -2.69. The molecule has 24 heteroatoms. The largest absolute Gasteiger partial charge is 0.479 e. The van der Waals surface area contributed by atoms with Gasteiger partial charge in [0.1, 0.15) is 49.5 Å². The number of ether oxygens (including phenoxy) is 3. The van der Waals surface area contributed by atoms with E-state index in [0.717, 1.165) is 22.9 Å². The number of anilines is 3. The van der Waals surface area contributed by atoms with E-state index >= 15 is 8.78 Å². The summed E-state index contributed by atoms with van der Waals surface area (Å²) in [5, 5.41) is 73.8. The average Bonchev–Trinajstić information content (AvgIpc) is 1.61. The van der Waals surface area contributed by atoms with E-state index < -0.39 is 131 Å². The number of rotatable bonds is 21. The third-order valence-electron chi connectivity index (χ3n) is 18.7. The molecule has 3 saturated carbocycles. The van der Waals surface area contributed by atoms with Crippen LogP contribution in [-0.4, -0.2) is 159 Å². The quantitative estimate of drug-likeness (QED) is 0.0682. The lowest BCUT2D eigenvalue weighted by atomic mass is 9.43. The van der Waals surface area contributed by atoms with Crippen LogP contribution >= 0.6 is 0 Å². The molecular formula is C61H74F2N6O16. The number of hydrogen-bond acceptors (Lipinski definition) is 17. The maximum Gasteiger partial charge on any atom is 0.411 e. The van der Waals surface area contributed by atoms with Crippen molar-refractivity contribution in [3.8, 4) is 5.75 Å². The van der Waals surface area contributed by atoms with Gasteiger partial charge in [-0.3, -0.25) is 29.3 Å². The fraction of sp³-hybridized carbons (Fsp3) is 0.525. The first-order chi connectivity index (χ1) is 40.4. The number of nitrogens with zero attached hydrogens (tertiary/aromatic N) is 1. The molecule has 4 aliphatic carbocycles. The van der Waals surface area contributed by atoms with Gasteiger partial charge in [-0.25, -0.2) is 18.4 Å². The summed E-state index contributed by atoms with van der Waals surface area (Å²) < 4.78 is 50.7. The third kappa shape index (κ3) is 11.9. The zero-order valence-corrected chi connectivity index (χ0v) is 47.4. The number of amides is 4. The number of hydrogen-bond donors (Lipinski definition) is 11. The van der Waals surface area contributed by atoms with Crippen LogP contribution in [0.15, 0.2) is 90.5 Å². The molecule has 2 heterocycles. The van der Waals surface area contributed by atoms with Crippen LogP contribution in [0.25, 0.3) is 0 Å². The van der Waals surface area contributed by atoms with E-state index in [4.69, 9.17) is 19.9 Å². The molecule has 0 unspecified atom stereocenters. The molecule has 2 aliphatic heterocycles. The maximum absolute atomic E-state index is 17.9. The second-order valence-corrected chi connectivity index (χ2v) is 23.8. The van der Waals surface area contributed by atoms with Crippen LogP contribution in [-0.2, 0) is 51.3 Å². The highest BCUT2D eigenvalue weighted by atomic mass is 19.1. The van der Waals surface area contributed by atoms with Crippen molar-refractivity contribution in [2.45, 2.75) is 133 Å². The third-order valence-corrected chi connectivity index (χ3v) is 18.7. The normalized spacial score (nSPS) is 32.1. The number of carboxylic acids is 1. The van der Waals surface area contributed by atoms with Crippen LogP contribution in [0.1, 0.15) is 82.4 Å². The molecule has 3 aromatic rings. The van der Waals surface area contributed by atoms with Crippen molar-refractivity contribution in [1.82, 2.24) is 10.6 Å². The Labute approximate surface area is 489 Å². The lowest BCUT2D eigenvalue weighted by Gasteiger charge is -2.63. The Bertz CT molecular complexity index is 3130. The van der Waals surface area contributed by atoms with Gasteiger partial charge in [-0.1, -0.05) is 43.3 Å². The van der Waals surface area contributed by atoms with Gasteiger partial charge >= 0.3 is 12.1 Å². The predicted octanol–water partition coefficient (Wildman–Crippen LogP) is 3.29. The molecule has 3 aromatic carbocycles. The number of benzene rings is 3. The highest BCUT2D eigenvalue weighted by molar-refractivity contribution is 6.01. The Morgan fingerprint density at radius 3 is 2.35 bits per heavy atom. The van der Waals surface area contributed by atoms with Gasteiger partial charge in [0.25, 0.3) is 0 Å². The zero-order chi connectivity index (χ0) is 61.3. The van der Waals surface area contributed by atoms with Crippen molar-refractivity contribution in [1.29, 1.82) is 0 Å². The molecule has 0 aromatic heterocycles. The molecule has 85 heavy (non-hydrogen) atoms. The van der Waals surface area contributed by atoms with E-state index in [-0.39, 0.29) is 61.9 Å². The molecule has 2 saturated heterocycles. The van der Waals surface area contributed by atoms with E-state index in [2.05, 4.69) is 26.2 Å². The minimum absolute atomic E-state index is 0.0300. The summed E-state index contributed by atoms with van der Waals surface area (Å²) in [5.41, 5.74) is 2.79. The first kappa shape index (κ1) is 62.3. The monoisotopic (exact) mass is 1180 g/mol. The molecule has 6 aliphatic rings. The van der Waals surface area contributed by atoms with Crippen LogP contribution in [0.5, 0.6) is 5.75 Å². The number of nitrogens with one attached hydrogen (secondary N) is 4. The van der Waals surface area contributed by atoms with Gasteiger partial charge in [0.15, 0.2) is 23.3 Å².